The fourth-order valence-corrected chi connectivity index (χ4v) is 3.65. The highest BCUT2D eigenvalue weighted by Gasteiger charge is 2.40. The zero-order valence-corrected chi connectivity index (χ0v) is 14.5. The number of ether oxygens (including phenoxy) is 1. The molecule has 0 saturated carbocycles. The van der Waals surface area contributed by atoms with Crippen molar-refractivity contribution < 1.29 is 17.9 Å². The van der Waals surface area contributed by atoms with Crippen LogP contribution in [-0.4, -0.2) is 30.6 Å². The summed E-state index contributed by atoms with van der Waals surface area (Å²) in [4.78, 5) is 10.5. The molecule has 0 aliphatic rings. The number of halogens is 1. The van der Waals surface area contributed by atoms with E-state index in [1.54, 1.807) is 32.9 Å². The van der Waals surface area contributed by atoms with Gasteiger partial charge in [0.2, 0.25) is 0 Å². The van der Waals surface area contributed by atoms with Crippen LogP contribution in [0.5, 0.6) is 0 Å². The van der Waals surface area contributed by atoms with Gasteiger partial charge in [-0.3, -0.25) is 4.79 Å². The van der Waals surface area contributed by atoms with Crippen LogP contribution in [0.15, 0.2) is 29.2 Å². The lowest BCUT2D eigenvalue weighted by Gasteiger charge is -2.26. The normalized spacial score (nSPS) is 15.3. The second-order valence-electron chi connectivity index (χ2n) is 6.27. The Bertz CT molecular complexity index is 610. The van der Waals surface area contributed by atoms with Crippen LogP contribution in [0.2, 0.25) is 0 Å². The van der Waals surface area contributed by atoms with Gasteiger partial charge in [0.05, 0.1) is 10.6 Å². The molecule has 0 amide bonds. The van der Waals surface area contributed by atoms with Crippen molar-refractivity contribution >= 4 is 27.4 Å². The average Bonchev–Trinajstić information content (AvgIpc) is 2.25. The lowest BCUT2D eigenvalue weighted by Crippen LogP contribution is -2.41. The van der Waals surface area contributed by atoms with Gasteiger partial charge in [0.15, 0.2) is 14.7 Å². The standard InChI is InChI=1S/C15H21ClO4S/c1-11-6-8-12(9-7-11)21(18,19)10-15(5,16)13(17)20-14(2,3)4/h6-9H,10H2,1-5H3. The van der Waals surface area contributed by atoms with Gasteiger partial charge in [-0.05, 0) is 46.8 Å². The molecule has 1 aromatic rings. The van der Waals surface area contributed by atoms with E-state index in [1.807, 2.05) is 6.92 Å². The molecule has 0 radical (unpaired) electrons. The summed E-state index contributed by atoms with van der Waals surface area (Å²) in [5, 5.41) is 0. The van der Waals surface area contributed by atoms with Crippen molar-refractivity contribution in [1.82, 2.24) is 0 Å². The number of alkyl halides is 1. The first-order valence-corrected chi connectivity index (χ1v) is 8.58. The highest BCUT2D eigenvalue weighted by molar-refractivity contribution is 7.91. The van der Waals surface area contributed by atoms with Crippen LogP contribution in [0.25, 0.3) is 0 Å². The van der Waals surface area contributed by atoms with Gasteiger partial charge in [-0.1, -0.05) is 17.7 Å². The number of sulfone groups is 1. The fourth-order valence-electron chi connectivity index (χ4n) is 1.63. The SMILES string of the molecule is Cc1ccc(S(=O)(=O)CC(C)(Cl)C(=O)OC(C)(C)C)cc1. The second-order valence-corrected chi connectivity index (χ2v) is 9.10. The van der Waals surface area contributed by atoms with Crippen molar-refractivity contribution in [3.05, 3.63) is 29.8 Å². The number of carbonyl (C=O) groups excluding carboxylic acids is 1. The van der Waals surface area contributed by atoms with E-state index in [2.05, 4.69) is 0 Å². The van der Waals surface area contributed by atoms with Gasteiger partial charge in [-0.15, -0.1) is 11.6 Å². The van der Waals surface area contributed by atoms with Crippen LogP contribution < -0.4 is 0 Å². The van der Waals surface area contributed by atoms with E-state index < -0.39 is 32.0 Å². The minimum absolute atomic E-state index is 0.142. The number of aryl methyl sites for hydroxylation is 1. The first-order valence-electron chi connectivity index (χ1n) is 6.55. The zero-order chi connectivity index (χ0) is 16.5. The van der Waals surface area contributed by atoms with Crippen molar-refractivity contribution in [3.8, 4) is 0 Å². The van der Waals surface area contributed by atoms with Gasteiger partial charge in [-0.2, -0.15) is 0 Å². The topological polar surface area (TPSA) is 60.4 Å². The fraction of sp³-hybridized carbons (Fsp3) is 0.533. The molecule has 0 N–H and O–H groups in total. The summed E-state index contributed by atoms with van der Waals surface area (Å²) in [6.45, 7) is 8.32. The summed E-state index contributed by atoms with van der Waals surface area (Å²) in [6, 6.07) is 6.41. The number of benzene rings is 1. The van der Waals surface area contributed by atoms with Crippen molar-refractivity contribution in [2.45, 2.75) is 50.0 Å². The van der Waals surface area contributed by atoms with E-state index in [9.17, 15) is 13.2 Å². The monoisotopic (exact) mass is 332 g/mol. The Hall–Kier alpha value is -1.07. The van der Waals surface area contributed by atoms with Crippen molar-refractivity contribution in [2.75, 3.05) is 5.75 Å². The predicted octanol–water partition coefficient (Wildman–Crippen LogP) is 3.11. The van der Waals surface area contributed by atoms with E-state index in [0.29, 0.717) is 0 Å². The minimum Gasteiger partial charge on any atom is -0.459 e. The Kier molecular flexibility index (Phi) is 5.11. The molecule has 1 atom stereocenters. The maximum Gasteiger partial charge on any atom is 0.328 e. The van der Waals surface area contributed by atoms with Gasteiger partial charge in [0, 0.05) is 0 Å². The molecule has 0 aliphatic carbocycles. The summed E-state index contributed by atoms with van der Waals surface area (Å²) in [7, 11) is -3.67. The molecule has 0 aliphatic heterocycles. The number of carbonyl (C=O) groups is 1. The molecule has 4 nitrogen and oxygen atoms in total. The Labute approximate surface area is 131 Å². The molecule has 1 unspecified atom stereocenters. The van der Waals surface area contributed by atoms with Gasteiger partial charge in [-0.25, -0.2) is 8.42 Å². The zero-order valence-electron chi connectivity index (χ0n) is 12.9. The highest BCUT2D eigenvalue weighted by Crippen LogP contribution is 2.25. The number of esters is 1. The third-order valence-corrected chi connectivity index (χ3v) is 5.06. The van der Waals surface area contributed by atoms with Crippen molar-refractivity contribution in [2.24, 2.45) is 0 Å². The molecule has 1 aromatic carbocycles. The molecule has 0 bridgehead atoms. The molecular formula is C15H21ClO4S. The molecule has 0 heterocycles. The summed E-state index contributed by atoms with van der Waals surface area (Å²) in [5.74, 6) is -1.26. The molecule has 1 rings (SSSR count). The molecular weight excluding hydrogens is 312 g/mol. The van der Waals surface area contributed by atoms with Crippen LogP contribution in [-0.2, 0) is 19.4 Å². The molecule has 0 saturated heterocycles. The van der Waals surface area contributed by atoms with Crippen LogP contribution in [0.1, 0.15) is 33.3 Å². The van der Waals surface area contributed by atoms with Gasteiger partial charge < -0.3 is 4.74 Å². The first-order chi connectivity index (χ1) is 9.33. The molecule has 0 spiro atoms. The van der Waals surface area contributed by atoms with Gasteiger partial charge >= 0.3 is 5.97 Å². The largest absolute Gasteiger partial charge is 0.459 e. The summed E-state index contributed by atoms with van der Waals surface area (Å²) < 4.78 is 29.8. The van der Waals surface area contributed by atoms with Crippen LogP contribution in [0.4, 0.5) is 0 Å². The maximum absolute atomic E-state index is 12.3. The van der Waals surface area contributed by atoms with E-state index in [0.717, 1.165) is 5.56 Å². The molecule has 118 valence electrons. The van der Waals surface area contributed by atoms with Gasteiger partial charge in [0.1, 0.15) is 5.60 Å². The smallest absolute Gasteiger partial charge is 0.328 e. The number of hydrogen-bond donors (Lipinski definition) is 0. The van der Waals surface area contributed by atoms with E-state index in [1.165, 1.54) is 19.1 Å². The lowest BCUT2D eigenvalue weighted by atomic mass is 10.1. The Morgan fingerprint density at radius 1 is 1.14 bits per heavy atom. The van der Waals surface area contributed by atoms with Crippen LogP contribution in [0, 0.1) is 6.92 Å². The van der Waals surface area contributed by atoms with E-state index >= 15 is 0 Å². The summed E-state index contributed by atoms with van der Waals surface area (Å²) in [5.41, 5.74) is 0.232. The molecule has 6 heteroatoms. The Morgan fingerprint density at radius 2 is 1.62 bits per heavy atom. The van der Waals surface area contributed by atoms with E-state index in [4.69, 9.17) is 16.3 Å². The first kappa shape index (κ1) is 18.0. The average molecular weight is 333 g/mol. The highest BCUT2D eigenvalue weighted by atomic mass is 35.5. The maximum atomic E-state index is 12.3. The van der Waals surface area contributed by atoms with Crippen molar-refractivity contribution in [3.63, 3.8) is 0 Å². The summed E-state index contributed by atoms with van der Waals surface area (Å²) >= 11 is 6.10. The predicted molar refractivity (Wildman–Crippen MR) is 83.3 cm³/mol. The number of rotatable bonds is 4. The van der Waals surface area contributed by atoms with Crippen LogP contribution in [0.3, 0.4) is 0 Å². The van der Waals surface area contributed by atoms with Crippen LogP contribution >= 0.6 is 11.6 Å². The molecule has 21 heavy (non-hydrogen) atoms. The lowest BCUT2D eigenvalue weighted by molar-refractivity contribution is -0.157. The Morgan fingerprint density at radius 3 is 2.05 bits per heavy atom. The van der Waals surface area contributed by atoms with Gasteiger partial charge in [0.25, 0.3) is 0 Å². The molecule has 0 fully saturated rings. The summed E-state index contributed by atoms with van der Waals surface area (Å²) in [6.07, 6.45) is 0. The third-order valence-electron chi connectivity index (χ3n) is 2.67. The second kappa shape index (κ2) is 5.97. The molecule has 0 aromatic heterocycles. The van der Waals surface area contributed by atoms with E-state index in [-0.39, 0.29) is 4.90 Å². The third kappa shape index (κ3) is 5.32. The Balaban J connectivity index is 2.96. The van der Waals surface area contributed by atoms with Crippen molar-refractivity contribution in [1.29, 1.82) is 0 Å². The number of hydrogen-bond acceptors (Lipinski definition) is 4. The quantitative estimate of drug-likeness (QED) is 0.628. The minimum atomic E-state index is -3.67.